The van der Waals surface area contributed by atoms with E-state index in [2.05, 4.69) is 33.6 Å². The Bertz CT molecular complexity index is 1190. The summed E-state index contributed by atoms with van der Waals surface area (Å²) in [5, 5.41) is 18.0. The van der Waals surface area contributed by atoms with Crippen molar-refractivity contribution in [1.29, 1.82) is 0 Å². The molecule has 0 spiro atoms. The van der Waals surface area contributed by atoms with Gasteiger partial charge in [0.15, 0.2) is 0 Å². The number of hydrogen-bond acceptors (Lipinski definition) is 4. The van der Waals surface area contributed by atoms with E-state index in [-0.39, 0.29) is 11.9 Å². The van der Waals surface area contributed by atoms with Crippen molar-refractivity contribution in [3.8, 4) is 5.69 Å². The second-order valence-corrected chi connectivity index (χ2v) is 7.74. The van der Waals surface area contributed by atoms with Crippen molar-refractivity contribution in [1.82, 2.24) is 20.1 Å². The Kier molecular flexibility index (Phi) is 4.77. The van der Waals surface area contributed by atoms with Gasteiger partial charge in [0.2, 0.25) is 0 Å². The van der Waals surface area contributed by atoms with Crippen molar-refractivity contribution in [2.45, 2.75) is 31.4 Å². The third-order valence-corrected chi connectivity index (χ3v) is 5.68. The lowest BCUT2D eigenvalue weighted by Gasteiger charge is -2.33. The summed E-state index contributed by atoms with van der Waals surface area (Å²) in [6, 6.07) is 17.8. The number of aliphatic hydroxyl groups is 1. The fourth-order valence-corrected chi connectivity index (χ4v) is 3.85. The first-order chi connectivity index (χ1) is 14.7. The van der Waals surface area contributed by atoms with Crippen LogP contribution in [0.3, 0.4) is 0 Å². The van der Waals surface area contributed by atoms with Gasteiger partial charge in [0.05, 0.1) is 28.9 Å². The highest BCUT2D eigenvalue weighted by Gasteiger charge is 2.30. The quantitative estimate of drug-likeness (QED) is 0.541. The van der Waals surface area contributed by atoms with Crippen LogP contribution in [0.15, 0.2) is 73.2 Å². The average molecular weight is 398 g/mol. The molecule has 150 valence electrons. The Hall–Kier alpha value is -3.51. The van der Waals surface area contributed by atoms with Gasteiger partial charge in [-0.25, -0.2) is 4.68 Å². The molecule has 1 aliphatic carbocycles. The van der Waals surface area contributed by atoms with Crippen LogP contribution in [-0.2, 0) is 6.42 Å². The van der Waals surface area contributed by atoms with Crippen LogP contribution in [-0.4, -0.2) is 37.9 Å². The minimum Gasteiger partial charge on any atom is -0.391 e. The van der Waals surface area contributed by atoms with E-state index < -0.39 is 6.10 Å². The summed E-state index contributed by atoms with van der Waals surface area (Å²) < 4.78 is 1.82. The van der Waals surface area contributed by atoms with Crippen molar-refractivity contribution < 1.29 is 9.90 Å². The third kappa shape index (κ3) is 3.57. The maximum Gasteiger partial charge on any atom is 0.253 e. The molecular weight excluding hydrogens is 376 g/mol. The van der Waals surface area contributed by atoms with Crippen LogP contribution in [0.5, 0.6) is 0 Å². The molecule has 2 aromatic carbocycles. The van der Waals surface area contributed by atoms with Crippen LogP contribution in [0.25, 0.3) is 16.6 Å². The molecule has 5 rings (SSSR count). The monoisotopic (exact) mass is 398 g/mol. The van der Waals surface area contributed by atoms with E-state index in [1.165, 1.54) is 0 Å². The first kappa shape index (κ1) is 18.5. The van der Waals surface area contributed by atoms with Crippen LogP contribution < -0.4 is 5.32 Å². The SMILES string of the molecule is O=C(N[C@H]1CC[C@@H]1O)c1cc(Cc2ccc(-n3cccn3)cc2)cc2cccnc12. The van der Waals surface area contributed by atoms with Gasteiger partial charge >= 0.3 is 0 Å². The minimum atomic E-state index is -0.454. The Morgan fingerprint density at radius 2 is 1.93 bits per heavy atom. The molecule has 2 atom stereocenters. The molecule has 0 bridgehead atoms. The lowest BCUT2D eigenvalue weighted by Crippen LogP contribution is -2.50. The largest absolute Gasteiger partial charge is 0.391 e. The number of nitrogens with one attached hydrogen (secondary N) is 1. The molecule has 2 aromatic heterocycles. The molecule has 0 unspecified atom stereocenters. The van der Waals surface area contributed by atoms with E-state index in [1.54, 1.807) is 12.4 Å². The summed E-state index contributed by atoms with van der Waals surface area (Å²) in [5.74, 6) is -0.182. The number of pyridine rings is 1. The van der Waals surface area contributed by atoms with Crippen LogP contribution in [0.1, 0.15) is 34.3 Å². The fraction of sp³-hybridized carbons (Fsp3) is 0.208. The normalized spacial score (nSPS) is 18.2. The van der Waals surface area contributed by atoms with Gasteiger partial charge in [0.1, 0.15) is 0 Å². The van der Waals surface area contributed by atoms with E-state index in [0.29, 0.717) is 17.5 Å². The number of rotatable bonds is 5. The van der Waals surface area contributed by atoms with E-state index >= 15 is 0 Å². The van der Waals surface area contributed by atoms with Gasteiger partial charge in [0.25, 0.3) is 5.91 Å². The van der Waals surface area contributed by atoms with Crippen molar-refractivity contribution in [2.24, 2.45) is 0 Å². The van der Waals surface area contributed by atoms with Gasteiger partial charge < -0.3 is 10.4 Å². The number of benzene rings is 2. The summed E-state index contributed by atoms with van der Waals surface area (Å²) in [6.07, 6.45) is 7.16. The number of carbonyl (C=O) groups excluding carboxylic acids is 1. The molecule has 6 nitrogen and oxygen atoms in total. The highest BCUT2D eigenvalue weighted by atomic mass is 16.3. The Balaban J connectivity index is 1.43. The van der Waals surface area contributed by atoms with Crippen LogP contribution in [0, 0.1) is 0 Å². The number of carbonyl (C=O) groups is 1. The summed E-state index contributed by atoms with van der Waals surface area (Å²) in [6.45, 7) is 0. The highest BCUT2D eigenvalue weighted by molar-refractivity contribution is 6.06. The number of nitrogens with zero attached hydrogens (tertiary/aromatic N) is 3. The standard InChI is InChI=1S/C24H22N4O2/c29-22-9-8-21(22)27-24(30)20-15-17(14-18-3-1-10-25-23(18)20)13-16-4-6-19(7-5-16)28-12-2-11-26-28/h1-7,10-12,14-15,21-22,29H,8-9,13H2,(H,27,30)/t21-,22-/m0/s1. The van der Waals surface area contributed by atoms with Crippen molar-refractivity contribution >= 4 is 16.8 Å². The molecule has 4 aromatic rings. The molecule has 0 radical (unpaired) electrons. The van der Waals surface area contributed by atoms with Crippen LogP contribution >= 0.6 is 0 Å². The maximum atomic E-state index is 12.9. The van der Waals surface area contributed by atoms with Crippen molar-refractivity contribution in [3.05, 3.63) is 89.9 Å². The molecule has 1 amide bonds. The second-order valence-electron chi connectivity index (χ2n) is 7.74. The third-order valence-electron chi connectivity index (χ3n) is 5.68. The number of amides is 1. The number of aliphatic hydroxyl groups excluding tert-OH is 1. The maximum absolute atomic E-state index is 12.9. The highest BCUT2D eigenvalue weighted by Crippen LogP contribution is 2.24. The lowest BCUT2D eigenvalue weighted by atomic mass is 9.89. The number of fused-ring (bicyclic) bond motifs is 1. The molecule has 0 saturated heterocycles. The average Bonchev–Trinajstić information content (AvgIpc) is 3.31. The van der Waals surface area contributed by atoms with Gasteiger partial charge in [-0.1, -0.05) is 18.2 Å². The summed E-state index contributed by atoms with van der Waals surface area (Å²) in [7, 11) is 0. The summed E-state index contributed by atoms with van der Waals surface area (Å²) >= 11 is 0. The number of hydrogen-bond donors (Lipinski definition) is 2. The first-order valence-electron chi connectivity index (χ1n) is 10.1. The van der Waals surface area contributed by atoms with E-state index in [4.69, 9.17) is 0 Å². The second kappa shape index (κ2) is 7.72. The Morgan fingerprint density at radius 3 is 2.63 bits per heavy atom. The topological polar surface area (TPSA) is 80.0 Å². The van der Waals surface area contributed by atoms with Crippen molar-refractivity contribution in [2.75, 3.05) is 0 Å². The molecule has 1 fully saturated rings. The van der Waals surface area contributed by atoms with Crippen molar-refractivity contribution in [3.63, 3.8) is 0 Å². The smallest absolute Gasteiger partial charge is 0.253 e. The van der Waals surface area contributed by atoms with E-state index in [1.807, 2.05) is 47.3 Å². The molecule has 2 N–H and O–H groups in total. The predicted octanol–water partition coefficient (Wildman–Crippen LogP) is 3.26. The predicted molar refractivity (Wildman–Crippen MR) is 115 cm³/mol. The summed E-state index contributed by atoms with van der Waals surface area (Å²) in [5.41, 5.74) is 4.43. The first-order valence-corrected chi connectivity index (χ1v) is 10.1. The molecule has 1 aliphatic rings. The zero-order chi connectivity index (χ0) is 20.5. The van der Waals surface area contributed by atoms with Gasteiger partial charge in [-0.15, -0.1) is 0 Å². The molecule has 30 heavy (non-hydrogen) atoms. The zero-order valence-electron chi connectivity index (χ0n) is 16.4. The van der Waals surface area contributed by atoms with E-state index in [0.717, 1.165) is 35.0 Å². The number of aromatic nitrogens is 3. The van der Waals surface area contributed by atoms with Gasteiger partial charge in [-0.3, -0.25) is 9.78 Å². The molecule has 1 saturated carbocycles. The molecule has 0 aliphatic heterocycles. The van der Waals surface area contributed by atoms with Crippen LogP contribution in [0.4, 0.5) is 0 Å². The molecule has 2 heterocycles. The van der Waals surface area contributed by atoms with Gasteiger partial charge in [-0.05, 0) is 66.8 Å². The van der Waals surface area contributed by atoms with Gasteiger partial charge in [-0.2, -0.15) is 5.10 Å². The van der Waals surface area contributed by atoms with E-state index in [9.17, 15) is 9.90 Å². The lowest BCUT2D eigenvalue weighted by molar-refractivity contribution is 0.0448. The molecular formula is C24H22N4O2. The van der Waals surface area contributed by atoms with Crippen LogP contribution in [0.2, 0.25) is 0 Å². The zero-order valence-corrected chi connectivity index (χ0v) is 16.4. The Labute approximate surface area is 174 Å². The Morgan fingerprint density at radius 1 is 1.07 bits per heavy atom. The summed E-state index contributed by atoms with van der Waals surface area (Å²) in [4.78, 5) is 17.3. The molecule has 6 heteroatoms. The minimum absolute atomic E-state index is 0.172. The fourth-order valence-electron chi connectivity index (χ4n) is 3.85. The van der Waals surface area contributed by atoms with Gasteiger partial charge in [0, 0.05) is 24.0 Å².